The second-order valence-electron chi connectivity index (χ2n) is 7.70. The maximum Gasteiger partial charge on any atom is 0.255 e. The Morgan fingerprint density at radius 2 is 1.96 bits per heavy atom. The van der Waals surface area contributed by atoms with E-state index in [0.29, 0.717) is 37.6 Å². The predicted molar refractivity (Wildman–Crippen MR) is 87.2 cm³/mol. The Bertz CT molecular complexity index is 693. The number of piperidine rings is 1. The van der Waals surface area contributed by atoms with Crippen molar-refractivity contribution in [3.05, 3.63) is 11.7 Å². The molecule has 0 aromatic carbocycles. The molecule has 2 saturated heterocycles. The van der Waals surface area contributed by atoms with Gasteiger partial charge in [0, 0.05) is 13.1 Å². The molecule has 3 heterocycles. The fourth-order valence-electron chi connectivity index (χ4n) is 4.57. The number of ether oxygens (including phenoxy) is 1. The van der Waals surface area contributed by atoms with Crippen LogP contribution in [0.3, 0.4) is 0 Å². The number of rotatable bonds is 2. The van der Waals surface area contributed by atoms with Gasteiger partial charge in [0.15, 0.2) is 5.82 Å². The number of hydrogen-bond acceptors (Lipinski definition) is 6. The van der Waals surface area contributed by atoms with Gasteiger partial charge in [-0.05, 0) is 45.4 Å². The highest BCUT2D eigenvalue weighted by molar-refractivity contribution is 5.86. The van der Waals surface area contributed by atoms with Gasteiger partial charge in [-0.3, -0.25) is 4.79 Å². The van der Waals surface area contributed by atoms with Gasteiger partial charge in [0.25, 0.3) is 5.89 Å². The van der Waals surface area contributed by atoms with Crippen LogP contribution in [-0.2, 0) is 9.53 Å². The maximum absolute atomic E-state index is 12.9. The first-order chi connectivity index (χ1) is 12.1. The second kappa shape index (κ2) is 6.10. The van der Waals surface area contributed by atoms with E-state index in [1.165, 1.54) is 0 Å². The Labute approximate surface area is 147 Å². The number of aryl methyl sites for hydroxylation is 1. The molecule has 2 aliphatic heterocycles. The van der Waals surface area contributed by atoms with Gasteiger partial charge in [0.05, 0.1) is 11.7 Å². The number of nitrogens with zero attached hydrogens (tertiary/aromatic N) is 4. The van der Waals surface area contributed by atoms with E-state index in [2.05, 4.69) is 16.2 Å². The van der Waals surface area contributed by atoms with Gasteiger partial charge in [-0.2, -0.15) is 10.2 Å². The van der Waals surface area contributed by atoms with Crippen LogP contribution in [0.15, 0.2) is 4.52 Å². The third kappa shape index (κ3) is 2.82. The largest absolute Gasteiger partial charge is 0.362 e. The van der Waals surface area contributed by atoms with E-state index in [-0.39, 0.29) is 17.6 Å². The van der Waals surface area contributed by atoms with Crippen LogP contribution in [0.4, 0.5) is 0 Å². The van der Waals surface area contributed by atoms with Crippen LogP contribution in [0.1, 0.15) is 69.2 Å². The van der Waals surface area contributed by atoms with Crippen LogP contribution < -0.4 is 0 Å². The fraction of sp³-hybridized carbons (Fsp3) is 0.778. The molecule has 1 aromatic rings. The highest BCUT2D eigenvalue weighted by atomic mass is 16.5. The molecule has 7 heteroatoms. The summed E-state index contributed by atoms with van der Waals surface area (Å²) in [5, 5.41) is 13.4. The van der Waals surface area contributed by atoms with Crippen molar-refractivity contribution >= 4 is 5.91 Å². The Kier molecular flexibility index (Phi) is 4.03. The van der Waals surface area contributed by atoms with Crippen molar-refractivity contribution < 1.29 is 14.1 Å². The monoisotopic (exact) mass is 344 g/mol. The summed E-state index contributed by atoms with van der Waals surface area (Å²) in [6, 6.07) is 2.32. The minimum absolute atomic E-state index is 0.0319. The second-order valence-corrected chi connectivity index (χ2v) is 7.70. The van der Waals surface area contributed by atoms with Crippen LogP contribution >= 0.6 is 0 Å². The van der Waals surface area contributed by atoms with Gasteiger partial charge in [-0.25, -0.2) is 0 Å². The van der Waals surface area contributed by atoms with Crippen LogP contribution in [0.25, 0.3) is 0 Å². The number of nitriles is 1. The van der Waals surface area contributed by atoms with Crippen LogP contribution in [0, 0.1) is 23.7 Å². The molecule has 1 aromatic heterocycles. The molecule has 1 spiro atoms. The quantitative estimate of drug-likeness (QED) is 0.819. The van der Waals surface area contributed by atoms with E-state index < -0.39 is 5.41 Å². The van der Waals surface area contributed by atoms with E-state index in [1.54, 1.807) is 6.92 Å². The van der Waals surface area contributed by atoms with Gasteiger partial charge >= 0.3 is 0 Å². The summed E-state index contributed by atoms with van der Waals surface area (Å²) in [4.78, 5) is 19.0. The lowest BCUT2D eigenvalue weighted by atomic mass is 9.83. The third-order valence-corrected chi connectivity index (χ3v) is 6.12. The Morgan fingerprint density at radius 1 is 1.24 bits per heavy atom. The molecule has 0 radical (unpaired) electrons. The standard InChI is InChI=1S/C18H24N4O3/c1-13-20-15(25-21-13)14-4-7-18(24-14)8-10-22(11-9-18)16(23)17(12-19)5-2-3-6-17/h14H,2-11H2,1H3. The van der Waals surface area contributed by atoms with Crippen molar-refractivity contribution in [2.24, 2.45) is 5.41 Å². The van der Waals surface area contributed by atoms with Crippen molar-refractivity contribution in [2.75, 3.05) is 13.1 Å². The summed E-state index contributed by atoms with van der Waals surface area (Å²) in [5.41, 5.74) is -0.968. The zero-order chi connectivity index (χ0) is 17.5. The first-order valence-electron chi connectivity index (χ1n) is 9.25. The van der Waals surface area contributed by atoms with Crippen molar-refractivity contribution in [3.8, 4) is 6.07 Å². The molecule has 3 fully saturated rings. The minimum atomic E-state index is -0.773. The van der Waals surface area contributed by atoms with E-state index in [9.17, 15) is 10.1 Å². The van der Waals surface area contributed by atoms with Gasteiger partial charge in [0.1, 0.15) is 11.5 Å². The lowest BCUT2D eigenvalue weighted by Crippen LogP contribution is -2.50. The number of carbonyl (C=O) groups is 1. The van der Waals surface area contributed by atoms with Gasteiger partial charge in [-0.1, -0.05) is 18.0 Å². The molecule has 3 aliphatic rings. The molecular weight excluding hydrogens is 320 g/mol. The zero-order valence-corrected chi connectivity index (χ0v) is 14.7. The SMILES string of the molecule is Cc1noc(C2CCC3(CCN(C(=O)C4(C#N)CCCC4)CC3)O2)n1. The molecule has 1 atom stereocenters. The van der Waals surface area contributed by atoms with Gasteiger partial charge in [0.2, 0.25) is 5.91 Å². The minimum Gasteiger partial charge on any atom is -0.362 e. The molecule has 1 aliphatic carbocycles. The summed E-state index contributed by atoms with van der Waals surface area (Å²) in [5.74, 6) is 1.21. The summed E-state index contributed by atoms with van der Waals surface area (Å²) in [6.45, 7) is 3.13. The number of aromatic nitrogens is 2. The zero-order valence-electron chi connectivity index (χ0n) is 14.7. The van der Waals surface area contributed by atoms with Gasteiger partial charge in [-0.15, -0.1) is 0 Å². The Balaban J connectivity index is 1.39. The van der Waals surface area contributed by atoms with Crippen LogP contribution in [-0.4, -0.2) is 39.6 Å². The van der Waals surface area contributed by atoms with E-state index >= 15 is 0 Å². The van der Waals surface area contributed by atoms with E-state index in [1.807, 2.05) is 4.90 Å². The molecule has 0 bridgehead atoms. The lowest BCUT2D eigenvalue weighted by molar-refractivity contribution is -0.145. The van der Waals surface area contributed by atoms with Crippen LogP contribution in [0.2, 0.25) is 0 Å². The van der Waals surface area contributed by atoms with Crippen molar-refractivity contribution in [3.63, 3.8) is 0 Å². The number of amides is 1. The lowest BCUT2D eigenvalue weighted by Gasteiger charge is -2.40. The first kappa shape index (κ1) is 16.5. The summed E-state index contributed by atoms with van der Waals surface area (Å²) < 4.78 is 11.5. The Morgan fingerprint density at radius 3 is 2.56 bits per heavy atom. The number of hydrogen-bond donors (Lipinski definition) is 0. The van der Waals surface area contributed by atoms with Crippen molar-refractivity contribution in [1.82, 2.24) is 15.0 Å². The molecule has 134 valence electrons. The molecule has 1 saturated carbocycles. The van der Waals surface area contributed by atoms with Gasteiger partial charge < -0.3 is 14.2 Å². The normalized spacial score (nSPS) is 27.5. The Hall–Kier alpha value is -1.94. The molecule has 25 heavy (non-hydrogen) atoms. The third-order valence-electron chi connectivity index (χ3n) is 6.12. The number of likely N-dealkylation sites (tertiary alicyclic amines) is 1. The molecular formula is C18H24N4O3. The van der Waals surface area contributed by atoms with Crippen LogP contribution in [0.5, 0.6) is 0 Å². The summed E-state index contributed by atoms with van der Waals surface area (Å²) in [7, 11) is 0. The molecule has 1 unspecified atom stereocenters. The van der Waals surface area contributed by atoms with E-state index in [4.69, 9.17) is 9.26 Å². The summed E-state index contributed by atoms with van der Waals surface area (Å²) >= 11 is 0. The summed E-state index contributed by atoms with van der Waals surface area (Å²) in [6.07, 6.45) is 6.68. The average Bonchev–Trinajstić information content (AvgIpc) is 3.35. The first-order valence-corrected chi connectivity index (χ1v) is 9.25. The van der Waals surface area contributed by atoms with E-state index in [0.717, 1.165) is 38.5 Å². The van der Waals surface area contributed by atoms with Crippen molar-refractivity contribution in [2.45, 2.75) is 70.0 Å². The molecule has 7 nitrogen and oxygen atoms in total. The smallest absolute Gasteiger partial charge is 0.255 e. The highest BCUT2D eigenvalue weighted by Gasteiger charge is 2.49. The average molecular weight is 344 g/mol. The topological polar surface area (TPSA) is 92.2 Å². The number of carbonyl (C=O) groups excluding carboxylic acids is 1. The molecule has 4 rings (SSSR count). The maximum atomic E-state index is 12.9. The highest BCUT2D eigenvalue weighted by Crippen LogP contribution is 2.46. The van der Waals surface area contributed by atoms with Crippen molar-refractivity contribution in [1.29, 1.82) is 5.26 Å². The molecule has 0 N–H and O–H groups in total. The predicted octanol–water partition coefficient (Wildman–Crippen LogP) is 2.67. The molecule has 1 amide bonds. The fourth-order valence-corrected chi connectivity index (χ4v) is 4.57.